The molecule has 2 aromatic rings. The van der Waals surface area contributed by atoms with Gasteiger partial charge in [-0.3, -0.25) is 0 Å². The molecule has 20 heavy (non-hydrogen) atoms. The summed E-state index contributed by atoms with van der Waals surface area (Å²) >= 11 is 1.81. The molecule has 4 rings (SSSR count). The molecular weight excluding hydrogens is 270 g/mol. The fourth-order valence-corrected chi connectivity index (χ4v) is 3.63. The highest BCUT2D eigenvalue weighted by Crippen LogP contribution is 2.39. The summed E-state index contributed by atoms with van der Waals surface area (Å²) in [7, 11) is 0. The van der Waals surface area contributed by atoms with Crippen molar-refractivity contribution >= 4 is 11.8 Å². The molecule has 0 bridgehead atoms. The van der Waals surface area contributed by atoms with E-state index in [1.165, 1.54) is 10.5 Å². The Kier molecular flexibility index (Phi) is 2.89. The van der Waals surface area contributed by atoms with Crippen molar-refractivity contribution in [3.8, 4) is 5.75 Å². The van der Waals surface area contributed by atoms with Crippen LogP contribution in [-0.2, 0) is 13.1 Å². The van der Waals surface area contributed by atoms with Crippen LogP contribution in [0, 0.1) is 6.92 Å². The summed E-state index contributed by atoms with van der Waals surface area (Å²) in [5.41, 5.74) is 3.44. The first kappa shape index (κ1) is 12.2. The largest absolute Gasteiger partial charge is 0.480 e. The molecule has 2 aliphatic rings. The van der Waals surface area contributed by atoms with E-state index in [1.54, 1.807) is 0 Å². The zero-order chi connectivity index (χ0) is 13.5. The normalized spacial score (nSPS) is 20.1. The first-order chi connectivity index (χ1) is 9.81. The number of nitrogens with one attached hydrogen (secondary N) is 1. The predicted octanol–water partition coefficient (Wildman–Crippen LogP) is 2.61. The van der Waals surface area contributed by atoms with Crippen LogP contribution >= 0.6 is 11.8 Å². The molecule has 1 unspecified atom stereocenters. The smallest absolute Gasteiger partial charge is 0.170 e. The molecule has 1 atom stereocenters. The Balaban J connectivity index is 1.68. The minimum atomic E-state index is -0.0560. The number of fused-ring (bicyclic) bond motifs is 2. The van der Waals surface area contributed by atoms with Gasteiger partial charge in [0, 0.05) is 35.0 Å². The molecule has 0 aliphatic carbocycles. The second-order valence-corrected chi connectivity index (χ2v) is 6.12. The molecule has 0 saturated carbocycles. The van der Waals surface area contributed by atoms with E-state index in [0.29, 0.717) is 0 Å². The maximum Gasteiger partial charge on any atom is 0.170 e. The predicted molar refractivity (Wildman–Crippen MR) is 77.8 cm³/mol. The van der Waals surface area contributed by atoms with Gasteiger partial charge in [0.1, 0.15) is 5.75 Å². The average molecular weight is 285 g/mol. The Hall–Kier alpha value is -1.59. The highest BCUT2D eigenvalue weighted by atomic mass is 32.2. The van der Waals surface area contributed by atoms with Crippen molar-refractivity contribution in [3.05, 3.63) is 47.0 Å². The average Bonchev–Trinajstić information content (AvgIpc) is 2.96. The zero-order valence-corrected chi connectivity index (χ0v) is 12.0. The third-order valence-corrected chi connectivity index (χ3v) is 4.83. The van der Waals surface area contributed by atoms with Crippen LogP contribution in [0.15, 0.2) is 29.2 Å². The minimum absolute atomic E-state index is 0.0560. The van der Waals surface area contributed by atoms with Gasteiger partial charge in [0.25, 0.3) is 0 Å². The summed E-state index contributed by atoms with van der Waals surface area (Å²) in [6.45, 7) is 3.77. The Morgan fingerprint density at radius 3 is 3.10 bits per heavy atom. The number of hydrogen-bond donors (Lipinski definition) is 1. The molecule has 1 aromatic heterocycles. The van der Waals surface area contributed by atoms with Gasteiger partial charge in [-0.05, 0) is 19.1 Å². The number of thioether (sulfide) groups is 1. The molecule has 5 heteroatoms. The first-order valence-electron chi connectivity index (χ1n) is 6.77. The lowest BCUT2D eigenvalue weighted by Gasteiger charge is -2.25. The number of benzene rings is 1. The zero-order valence-electron chi connectivity index (χ0n) is 11.2. The van der Waals surface area contributed by atoms with Crippen molar-refractivity contribution in [2.75, 3.05) is 5.75 Å². The molecule has 2 aliphatic heterocycles. The maximum absolute atomic E-state index is 6.07. The molecule has 1 aromatic carbocycles. The van der Waals surface area contributed by atoms with Crippen LogP contribution in [-0.4, -0.2) is 15.7 Å². The molecular formula is C15H15N3OS. The molecule has 4 nitrogen and oxygen atoms in total. The second-order valence-electron chi connectivity index (χ2n) is 5.06. The standard InChI is InChI=1S/C15H15N3OS/c1-9-10-6-16-7-11(10)18-15(17-9)13-8-20-14-5-3-2-4-12(14)19-13/h2-5,13,16H,6-8H2,1H3. The Morgan fingerprint density at radius 1 is 1.25 bits per heavy atom. The van der Waals surface area contributed by atoms with Gasteiger partial charge < -0.3 is 10.1 Å². The van der Waals surface area contributed by atoms with E-state index < -0.39 is 0 Å². The van der Waals surface area contributed by atoms with E-state index in [4.69, 9.17) is 9.72 Å². The maximum atomic E-state index is 6.07. The number of hydrogen-bond acceptors (Lipinski definition) is 5. The third-order valence-electron chi connectivity index (χ3n) is 3.71. The van der Waals surface area contributed by atoms with Crippen molar-refractivity contribution in [1.82, 2.24) is 15.3 Å². The lowest BCUT2D eigenvalue weighted by molar-refractivity contribution is 0.209. The molecule has 0 radical (unpaired) electrons. The third kappa shape index (κ3) is 1.98. The van der Waals surface area contributed by atoms with Crippen molar-refractivity contribution in [1.29, 1.82) is 0 Å². The quantitative estimate of drug-likeness (QED) is 0.872. The molecule has 3 heterocycles. The van der Waals surface area contributed by atoms with Crippen LogP contribution in [0.1, 0.15) is 28.9 Å². The lowest BCUT2D eigenvalue weighted by Crippen LogP contribution is -2.19. The van der Waals surface area contributed by atoms with E-state index in [9.17, 15) is 0 Å². The highest BCUT2D eigenvalue weighted by Gasteiger charge is 2.26. The number of aryl methyl sites for hydroxylation is 1. The van der Waals surface area contributed by atoms with Gasteiger partial charge in [-0.15, -0.1) is 11.8 Å². The summed E-state index contributed by atoms with van der Waals surface area (Å²) < 4.78 is 6.07. The number of rotatable bonds is 1. The Bertz CT molecular complexity index is 674. The van der Waals surface area contributed by atoms with Crippen LogP contribution < -0.4 is 10.1 Å². The first-order valence-corrected chi connectivity index (χ1v) is 7.75. The van der Waals surface area contributed by atoms with E-state index in [2.05, 4.69) is 23.3 Å². The van der Waals surface area contributed by atoms with Crippen molar-refractivity contribution in [2.45, 2.75) is 31.0 Å². The van der Waals surface area contributed by atoms with E-state index in [1.807, 2.05) is 30.0 Å². The van der Waals surface area contributed by atoms with Gasteiger partial charge in [-0.1, -0.05) is 12.1 Å². The fraction of sp³-hybridized carbons (Fsp3) is 0.333. The molecule has 0 saturated heterocycles. The van der Waals surface area contributed by atoms with Gasteiger partial charge in [0.05, 0.1) is 5.69 Å². The SMILES string of the molecule is Cc1nc(C2CSc3ccccc3O2)nc2c1CNC2. The van der Waals surface area contributed by atoms with E-state index in [0.717, 1.165) is 41.8 Å². The summed E-state index contributed by atoms with van der Waals surface area (Å²) in [4.78, 5) is 10.5. The van der Waals surface area contributed by atoms with Gasteiger partial charge in [-0.25, -0.2) is 9.97 Å². The van der Waals surface area contributed by atoms with Gasteiger partial charge >= 0.3 is 0 Å². The van der Waals surface area contributed by atoms with Crippen LogP contribution in [0.2, 0.25) is 0 Å². The summed E-state index contributed by atoms with van der Waals surface area (Å²) in [6, 6.07) is 8.14. The topological polar surface area (TPSA) is 47.0 Å². The highest BCUT2D eigenvalue weighted by molar-refractivity contribution is 7.99. The van der Waals surface area contributed by atoms with E-state index in [-0.39, 0.29) is 6.10 Å². The summed E-state index contributed by atoms with van der Waals surface area (Å²) in [5.74, 6) is 2.61. The van der Waals surface area contributed by atoms with Gasteiger partial charge in [0.2, 0.25) is 0 Å². The van der Waals surface area contributed by atoms with Crippen molar-refractivity contribution in [3.63, 3.8) is 0 Å². The number of aromatic nitrogens is 2. The second kappa shape index (κ2) is 4.75. The monoisotopic (exact) mass is 285 g/mol. The summed E-state index contributed by atoms with van der Waals surface area (Å²) in [5, 5.41) is 3.33. The fourth-order valence-electron chi connectivity index (χ4n) is 2.65. The Labute approximate surface area is 122 Å². The summed E-state index contributed by atoms with van der Waals surface area (Å²) in [6.07, 6.45) is -0.0560. The Morgan fingerprint density at radius 2 is 2.15 bits per heavy atom. The van der Waals surface area contributed by atoms with Crippen molar-refractivity contribution < 1.29 is 4.74 Å². The van der Waals surface area contributed by atoms with Gasteiger partial charge in [-0.2, -0.15) is 0 Å². The van der Waals surface area contributed by atoms with Crippen LogP contribution in [0.5, 0.6) is 5.75 Å². The number of ether oxygens (including phenoxy) is 1. The number of nitrogens with zero attached hydrogens (tertiary/aromatic N) is 2. The van der Waals surface area contributed by atoms with E-state index >= 15 is 0 Å². The van der Waals surface area contributed by atoms with Crippen LogP contribution in [0.25, 0.3) is 0 Å². The molecule has 0 amide bonds. The van der Waals surface area contributed by atoms with Gasteiger partial charge in [0.15, 0.2) is 11.9 Å². The molecule has 0 spiro atoms. The van der Waals surface area contributed by atoms with Crippen LogP contribution in [0.3, 0.4) is 0 Å². The molecule has 102 valence electrons. The van der Waals surface area contributed by atoms with Crippen molar-refractivity contribution in [2.24, 2.45) is 0 Å². The lowest BCUT2D eigenvalue weighted by atomic mass is 10.2. The number of para-hydroxylation sites is 1. The minimum Gasteiger partial charge on any atom is -0.480 e. The molecule has 0 fully saturated rings. The molecule has 1 N–H and O–H groups in total. The van der Waals surface area contributed by atoms with Crippen LogP contribution in [0.4, 0.5) is 0 Å².